The van der Waals surface area contributed by atoms with Gasteiger partial charge in [0.25, 0.3) is 0 Å². The molecule has 0 aromatic carbocycles. The van der Waals surface area contributed by atoms with E-state index in [1.165, 1.54) is 0 Å². The van der Waals surface area contributed by atoms with Gasteiger partial charge in [0.1, 0.15) is 0 Å². The molecule has 0 aromatic rings. The van der Waals surface area contributed by atoms with Crippen molar-refractivity contribution in [2.24, 2.45) is 0 Å². The number of nitrogens with one attached hydrogen (secondary N) is 1. The highest BCUT2D eigenvalue weighted by molar-refractivity contribution is 5.32. The maximum atomic E-state index is 3.41. The lowest BCUT2D eigenvalue weighted by Gasteiger charge is -2.22. The lowest BCUT2D eigenvalue weighted by molar-refractivity contribution is 0.479. The van der Waals surface area contributed by atoms with Crippen LogP contribution in [0.4, 0.5) is 0 Å². The molecule has 1 aliphatic rings. The number of allylic oxidation sites excluding steroid dienone is 4. The molecule has 1 aliphatic carbocycles. The molecule has 1 nitrogen and oxygen atoms in total. The summed E-state index contributed by atoms with van der Waals surface area (Å²) < 4.78 is 0. The molecule has 1 heteroatoms. The molecular weight excluding hydrogens is 158 g/mol. The molecule has 0 radical (unpaired) electrons. The van der Waals surface area contributed by atoms with Crippen molar-refractivity contribution in [3.8, 4) is 0 Å². The Bertz CT molecular complexity index is 305. The Labute approximate surface area is 80.5 Å². The van der Waals surface area contributed by atoms with Gasteiger partial charge in [0.05, 0.1) is 0 Å². The number of hydrogen-bond donors (Lipinski definition) is 1. The van der Waals surface area contributed by atoms with Crippen LogP contribution in [0.25, 0.3) is 0 Å². The quantitative estimate of drug-likeness (QED) is 0.604. The molecule has 0 aliphatic heterocycles. The predicted octanol–water partition coefficient (Wildman–Crippen LogP) is 2.93. The van der Waals surface area contributed by atoms with Gasteiger partial charge in [-0.2, -0.15) is 0 Å². The molecule has 1 N–H and O–H groups in total. The van der Waals surface area contributed by atoms with E-state index >= 15 is 0 Å². The molecule has 13 heavy (non-hydrogen) atoms. The molecule has 70 valence electrons. The zero-order chi connectivity index (χ0) is 9.90. The van der Waals surface area contributed by atoms with Crippen molar-refractivity contribution < 1.29 is 0 Å². The van der Waals surface area contributed by atoms with Crippen LogP contribution in [0, 0.1) is 0 Å². The Hall–Kier alpha value is -1.20. The summed E-state index contributed by atoms with van der Waals surface area (Å²) in [6.45, 7) is 8.49. The summed E-state index contributed by atoms with van der Waals surface area (Å²) in [5, 5.41) is 3.41. The first-order valence-electron chi connectivity index (χ1n) is 4.57. The Morgan fingerprint density at radius 1 is 1.23 bits per heavy atom. The second kappa shape index (κ2) is 3.68. The smallest absolute Gasteiger partial charge is 0.0350 e. The zero-order valence-electron chi connectivity index (χ0n) is 8.81. The topological polar surface area (TPSA) is 12.0 Å². The van der Waals surface area contributed by atoms with Crippen LogP contribution in [-0.4, -0.2) is 5.54 Å². The fraction of sp³-hybridized carbons (Fsp3) is 0.417. The van der Waals surface area contributed by atoms with Gasteiger partial charge < -0.3 is 5.32 Å². The fourth-order valence-corrected chi connectivity index (χ4v) is 1.10. The van der Waals surface area contributed by atoms with Gasteiger partial charge in [-0.1, -0.05) is 0 Å². The predicted molar refractivity (Wildman–Crippen MR) is 57.4 cm³/mol. The molecule has 0 aromatic heterocycles. The maximum Gasteiger partial charge on any atom is 0.0350 e. The molecule has 0 unspecified atom stereocenters. The van der Waals surface area contributed by atoms with Gasteiger partial charge in [0.15, 0.2) is 0 Å². The van der Waals surface area contributed by atoms with Gasteiger partial charge in [-0.15, -0.1) is 5.73 Å². The van der Waals surface area contributed by atoms with Crippen LogP contribution in [0.3, 0.4) is 0 Å². The van der Waals surface area contributed by atoms with E-state index in [0.717, 1.165) is 11.3 Å². The van der Waals surface area contributed by atoms with Crippen molar-refractivity contribution >= 4 is 0 Å². The lowest BCUT2D eigenvalue weighted by atomic mass is 10.1. The summed E-state index contributed by atoms with van der Waals surface area (Å²) in [5.41, 5.74) is 5.55. The number of rotatable bonds is 1. The third-order valence-corrected chi connectivity index (χ3v) is 1.61. The van der Waals surface area contributed by atoms with Crippen molar-refractivity contribution in [2.75, 3.05) is 0 Å². The van der Waals surface area contributed by atoms with Crippen molar-refractivity contribution in [2.45, 2.75) is 33.2 Å². The van der Waals surface area contributed by atoms with E-state index in [-0.39, 0.29) is 5.54 Å². The van der Waals surface area contributed by atoms with Gasteiger partial charge in [-0.05, 0) is 57.6 Å². The van der Waals surface area contributed by atoms with E-state index in [9.17, 15) is 0 Å². The molecule has 0 atom stereocenters. The Balaban J connectivity index is 2.72. The van der Waals surface area contributed by atoms with E-state index in [1.54, 1.807) is 0 Å². The average Bonchev–Trinajstić information content (AvgIpc) is 2.12. The molecule has 0 spiro atoms. The minimum absolute atomic E-state index is 0.113. The second-order valence-electron chi connectivity index (χ2n) is 4.32. The van der Waals surface area contributed by atoms with Gasteiger partial charge >= 0.3 is 0 Å². The largest absolute Gasteiger partial charge is 0.380 e. The first-order chi connectivity index (χ1) is 5.97. The Morgan fingerprint density at radius 3 is 2.54 bits per heavy atom. The molecule has 0 bridgehead atoms. The van der Waals surface area contributed by atoms with Gasteiger partial charge in [-0.3, -0.25) is 0 Å². The minimum Gasteiger partial charge on any atom is -0.380 e. The molecular formula is C12H17N. The van der Waals surface area contributed by atoms with Crippen molar-refractivity contribution in [1.29, 1.82) is 0 Å². The summed E-state index contributed by atoms with van der Waals surface area (Å²) in [6, 6.07) is 0. The van der Waals surface area contributed by atoms with E-state index in [0.29, 0.717) is 0 Å². The normalized spacial score (nSPS) is 16.3. The summed E-state index contributed by atoms with van der Waals surface area (Å²) >= 11 is 0. The first-order valence-corrected chi connectivity index (χ1v) is 4.57. The Kier molecular flexibility index (Phi) is 2.79. The fourth-order valence-electron chi connectivity index (χ4n) is 1.10. The van der Waals surface area contributed by atoms with Crippen molar-refractivity contribution in [1.82, 2.24) is 5.32 Å². The van der Waals surface area contributed by atoms with Crippen molar-refractivity contribution in [3.63, 3.8) is 0 Å². The summed E-state index contributed by atoms with van der Waals surface area (Å²) in [7, 11) is 0. The second-order valence-corrected chi connectivity index (χ2v) is 4.32. The van der Waals surface area contributed by atoms with Crippen LogP contribution in [0.1, 0.15) is 27.7 Å². The molecule has 1 rings (SSSR count). The van der Waals surface area contributed by atoms with Crippen LogP contribution in [0.2, 0.25) is 0 Å². The van der Waals surface area contributed by atoms with E-state index < -0.39 is 0 Å². The standard InChI is InChI=1S/C12H17N/c1-10-6-5-7-11(9-8-10)13-12(2,3)4/h5,7-9,13H,1-4H3. The van der Waals surface area contributed by atoms with E-state index in [4.69, 9.17) is 0 Å². The van der Waals surface area contributed by atoms with Crippen LogP contribution in [-0.2, 0) is 0 Å². The molecule has 0 fully saturated rings. The van der Waals surface area contributed by atoms with Crippen LogP contribution >= 0.6 is 0 Å². The molecule has 0 saturated carbocycles. The average molecular weight is 175 g/mol. The highest BCUT2D eigenvalue weighted by Crippen LogP contribution is 2.08. The summed E-state index contributed by atoms with van der Waals surface area (Å²) in [4.78, 5) is 0. The monoisotopic (exact) mass is 175 g/mol. The zero-order valence-corrected chi connectivity index (χ0v) is 8.81. The van der Waals surface area contributed by atoms with Crippen molar-refractivity contribution in [3.05, 3.63) is 41.3 Å². The van der Waals surface area contributed by atoms with Gasteiger partial charge in [0.2, 0.25) is 0 Å². The highest BCUT2D eigenvalue weighted by Gasteiger charge is 2.08. The molecule has 0 saturated heterocycles. The number of hydrogen-bond acceptors (Lipinski definition) is 1. The van der Waals surface area contributed by atoms with E-state index in [2.05, 4.69) is 44.0 Å². The Morgan fingerprint density at radius 2 is 1.92 bits per heavy atom. The summed E-state index contributed by atoms with van der Waals surface area (Å²) in [6.07, 6.45) is 8.13. The molecule has 0 amide bonds. The lowest BCUT2D eigenvalue weighted by Crippen LogP contribution is -2.34. The van der Waals surface area contributed by atoms with E-state index in [1.807, 2.05) is 19.1 Å². The third-order valence-electron chi connectivity index (χ3n) is 1.61. The van der Waals surface area contributed by atoms with Gasteiger partial charge in [-0.25, -0.2) is 0 Å². The van der Waals surface area contributed by atoms with Crippen LogP contribution < -0.4 is 5.32 Å². The third kappa shape index (κ3) is 3.82. The first kappa shape index (κ1) is 9.88. The summed E-state index contributed by atoms with van der Waals surface area (Å²) in [5.74, 6) is 0. The highest BCUT2D eigenvalue weighted by atomic mass is 15.0. The maximum absolute atomic E-state index is 3.41. The SMILES string of the molecule is CC1=C=CC=C(NC(C)(C)C)C=C1. The molecule has 0 heterocycles. The van der Waals surface area contributed by atoms with Crippen LogP contribution in [0.5, 0.6) is 0 Å². The van der Waals surface area contributed by atoms with Gasteiger partial charge in [0, 0.05) is 11.2 Å². The minimum atomic E-state index is 0.113. The van der Waals surface area contributed by atoms with Crippen LogP contribution in [0.15, 0.2) is 41.3 Å².